The van der Waals surface area contributed by atoms with E-state index in [0.29, 0.717) is 23.8 Å². The van der Waals surface area contributed by atoms with Crippen molar-refractivity contribution < 1.29 is 4.79 Å². The average molecular weight is 258 g/mol. The van der Waals surface area contributed by atoms with Crippen LogP contribution >= 0.6 is 0 Å². The summed E-state index contributed by atoms with van der Waals surface area (Å²) in [5, 5.41) is 7.08. The van der Waals surface area contributed by atoms with Crippen LogP contribution < -0.4 is 11.1 Å². The summed E-state index contributed by atoms with van der Waals surface area (Å²) < 4.78 is 1.64. The molecule has 0 saturated carbocycles. The van der Waals surface area contributed by atoms with E-state index >= 15 is 0 Å². The summed E-state index contributed by atoms with van der Waals surface area (Å²) in [6, 6.07) is 9.05. The molecule has 0 bridgehead atoms. The first-order chi connectivity index (χ1) is 9.06. The Balaban J connectivity index is 2.13. The maximum absolute atomic E-state index is 11.8. The molecule has 0 aliphatic heterocycles. The van der Waals surface area contributed by atoms with Crippen molar-refractivity contribution in [1.82, 2.24) is 15.1 Å². The number of aromatic nitrogens is 2. The van der Waals surface area contributed by atoms with E-state index < -0.39 is 0 Å². The second-order valence-corrected chi connectivity index (χ2v) is 4.84. The Morgan fingerprint density at radius 3 is 2.89 bits per heavy atom. The fraction of sp³-hybridized carbons (Fsp3) is 0.286. The number of hydrogen-bond donors (Lipinski definition) is 2. The normalized spacial score (nSPS) is 10.7. The maximum atomic E-state index is 11.8. The molecule has 1 aromatic heterocycles. The minimum Gasteiger partial charge on any atom is -0.399 e. The number of nitrogen functional groups attached to an aromatic ring is 1. The first-order valence-electron chi connectivity index (χ1n) is 6.26. The first kappa shape index (κ1) is 13.1. The second kappa shape index (κ2) is 5.56. The van der Waals surface area contributed by atoms with Gasteiger partial charge in [-0.3, -0.25) is 4.79 Å². The van der Waals surface area contributed by atoms with E-state index in [0.717, 1.165) is 5.69 Å². The smallest absolute Gasteiger partial charge is 0.271 e. The lowest BCUT2D eigenvalue weighted by atomic mass is 10.2. The summed E-state index contributed by atoms with van der Waals surface area (Å²) in [5.41, 5.74) is 7.63. The third kappa shape index (κ3) is 3.34. The highest BCUT2D eigenvalue weighted by Crippen LogP contribution is 2.11. The topological polar surface area (TPSA) is 72.9 Å². The molecule has 1 heterocycles. The standard InChI is InChI=1S/C14H18N4O/c1-10(2)9-16-14(19)13-6-7-18(17-13)12-5-3-4-11(15)8-12/h3-8,10H,9,15H2,1-2H3,(H,16,19). The SMILES string of the molecule is CC(C)CNC(=O)c1ccn(-c2cccc(N)c2)n1. The predicted octanol–water partition coefficient (Wildman–Crippen LogP) is 1.84. The number of nitrogens with zero attached hydrogens (tertiary/aromatic N) is 2. The number of nitrogens with one attached hydrogen (secondary N) is 1. The van der Waals surface area contributed by atoms with Gasteiger partial charge in [-0.15, -0.1) is 0 Å². The van der Waals surface area contributed by atoms with Gasteiger partial charge in [0.1, 0.15) is 0 Å². The lowest BCUT2D eigenvalue weighted by molar-refractivity contribution is 0.0943. The second-order valence-electron chi connectivity index (χ2n) is 4.84. The number of benzene rings is 1. The number of nitrogens with two attached hydrogens (primary N) is 1. The van der Waals surface area contributed by atoms with Gasteiger partial charge in [0.05, 0.1) is 5.69 Å². The van der Waals surface area contributed by atoms with Crippen molar-refractivity contribution in [2.45, 2.75) is 13.8 Å². The molecule has 0 atom stereocenters. The summed E-state index contributed by atoms with van der Waals surface area (Å²) in [6.07, 6.45) is 1.75. The number of amides is 1. The molecule has 0 unspecified atom stereocenters. The molecule has 5 nitrogen and oxygen atoms in total. The van der Waals surface area contributed by atoms with Gasteiger partial charge in [-0.05, 0) is 30.2 Å². The predicted molar refractivity (Wildman–Crippen MR) is 75.1 cm³/mol. The van der Waals surface area contributed by atoms with Crippen LogP contribution in [0.4, 0.5) is 5.69 Å². The van der Waals surface area contributed by atoms with Crippen LogP contribution in [0.2, 0.25) is 0 Å². The fourth-order valence-electron chi connectivity index (χ4n) is 1.64. The van der Waals surface area contributed by atoms with E-state index in [9.17, 15) is 4.79 Å². The van der Waals surface area contributed by atoms with Crippen molar-refractivity contribution in [2.24, 2.45) is 5.92 Å². The van der Waals surface area contributed by atoms with Crippen LogP contribution in [0.3, 0.4) is 0 Å². The molecule has 0 aliphatic carbocycles. The molecule has 1 amide bonds. The van der Waals surface area contributed by atoms with Crippen LogP contribution in [0.15, 0.2) is 36.5 Å². The van der Waals surface area contributed by atoms with Crippen LogP contribution in [0, 0.1) is 5.92 Å². The highest BCUT2D eigenvalue weighted by atomic mass is 16.1. The Morgan fingerprint density at radius 1 is 1.42 bits per heavy atom. The number of carbonyl (C=O) groups is 1. The van der Waals surface area contributed by atoms with E-state index in [4.69, 9.17) is 5.73 Å². The molecular weight excluding hydrogens is 240 g/mol. The minimum absolute atomic E-state index is 0.156. The van der Waals surface area contributed by atoms with Gasteiger partial charge in [-0.1, -0.05) is 19.9 Å². The van der Waals surface area contributed by atoms with Crippen molar-refractivity contribution >= 4 is 11.6 Å². The zero-order chi connectivity index (χ0) is 13.8. The maximum Gasteiger partial charge on any atom is 0.271 e. The van der Waals surface area contributed by atoms with E-state index in [1.807, 2.05) is 38.1 Å². The van der Waals surface area contributed by atoms with Crippen molar-refractivity contribution in [3.05, 3.63) is 42.2 Å². The molecule has 5 heteroatoms. The summed E-state index contributed by atoms with van der Waals surface area (Å²) in [6.45, 7) is 4.74. The Morgan fingerprint density at radius 2 is 2.21 bits per heavy atom. The Labute approximate surface area is 112 Å². The molecule has 0 aliphatic rings. The quantitative estimate of drug-likeness (QED) is 0.822. The number of anilines is 1. The molecule has 0 saturated heterocycles. The lowest BCUT2D eigenvalue weighted by Gasteiger charge is -2.05. The molecule has 0 fully saturated rings. The van der Waals surface area contributed by atoms with Crippen LogP contribution in [-0.2, 0) is 0 Å². The van der Waals surface area contributed by atoms with Crippen LogP contribution in [0.1, 0.15) is 24.3 Å². The summed E-state index contributed by atoms with van der Waals surface area (Å²) in [7, 11) is 0. The van der Waals surface area contributed by atoms with Gasteiger partial charge in [0.2, 0.25) is 0 Å². The highest BCUT2D eigenvalue weighted by Gasteiger charge is 2.10. The molecule has 1 aromatic carbocycles. The third-order valence-corrected chi connectivity index (χ3v) is 2.63. The molecule has 0 spiro atoms. The first-order valence-corrected chi connectivity index (χ1v) is 6.26. The third-order valence-electron chi connectivity index (χ3n) is 2.63. The van der Waals surface area contributed by atoms with Crippen molar-refractivity contribution in [3.8, 4) is 5.69 Å². The van der Waals surface area contributed by atoms with Crippen LogP contribution in [-0.4, -0.2) is 22.2 Å². The Kier molecular flexibility index (Phi) is 3.85. The molecular formula is C14H18N4O. The summed E-state index contributed by atoms with van der Waals surface area (Å²) in [5.74, 6) is 0.260. The molecule has 19 heavy (non-hydrogen) atoms. The zero-order valence-electron chi connectivity index (χ0n) is 11.1. The van der Waals surface area contributed by atoms with Gasteiger partial charge in [0.25, 0.3) is 5.91 Å². The zero-order valence-corrected chi connectivity index (χ0v) is 11.1. The lowest BCUT2D eigenvalue weighted by Crippen LogP contribution is -2.27. The largest absolute Gasteiger partial charge is 0.399 e. The van der Waals surface area contributed by atoms with Crippen molar-refractivity contribution in [1.29, 1.82) is 0 Å². The molecule has 2 rings (SSSR count). The van der Waals surface area contributed by atoms with Crippen LogP contribution in [0.25, 0.3) is 5.69 Å². The summed E-state index contributed by atoms with van der Waals surface area (Å²) >= 11 is 0. The van der Waals surface area contributed by atoms with Crippen molar-refractivity contribution in [2.75, 3.05) is 12.3 Å². The van der Waals surface area contributed by atoms with Gasteiger partial charge in [-0.25, -0.2) is 4.68 Å². The van der Waals surface area contributed by atoms with E-state index in [2.05, 4.69) is 10.4 Å². The number of rotatable bonds is 4. The van der Waals surface area contributed by atoms with Gasteiger partial charge in [0.15, 0.2) is 5.69 Å². The molecule has 100 valence electrons. The number of hydrogen-bond acceptors (Lipinski definition) is 3. The van der Waals surface area contributed by atoms with E-state index in [1.54, 1.807) is 16.9 Å². The van der Waals surface area contributed by atoms with Crippen LogP contribution in [0.5, 0.6) is 0 Å². The summed E-state index contributed by atoms with van der Waals surface area (Å²) in [4.78, 5) is 11.8. The molecule has 2 aromatic rings. The van der Waals surface area contributed by atoms with E-state index in [-0.39, 0.29) is 5.91 Å². The molecule has 3 N–H and O–H groups in total. The monoisotopic (exact) mass is 258 g/mol. The van der Waals surface area contributed by atoms with Gasteiger partial charge >= 0.3 is 0 Å². The molecule has 0 radical (unpaired) electrons. The number of carbonyl (C=O) groups excluding carboxylic acids is 1. The average Bonchev–Trinajstić information content (AvgIpc) is 2.85. The Bertz CT molecular complexity index is 574. The van der Waals surface area contributed by atoms with Gasteiger partial charge in [-0.2, -0.15) is 5.10 Å². The minimum atomic E-state index is -0.156. The Hall–Kier alpha value is -2.30. The van der Waals surface area contributed by atoms with Crippen molar-refractivity contribution in [3.63, 3.8) is 0 Å². The fourth-order valence-corrected chi connectivity index (χ4v) is 1.64. The van der Waals surface area contributed by atoms with E-state index in [1.165, 1.54) is 0 Å². The van der Waals surface area contributed by atoms with Gasteiger partial charge in [0, 0.05) is 18.4 Å². The highest BCUT2D eigenvalue weighted by molar-refractivity contribution is 5.92. The van der Waals surface area contributed by atoms with Gasteiger partial charge < -0.3 is 11.1 Å².